The number of anilines is 1. The number of carbonyl (C=O) groups is 1. The van der Waals surface area contributed by atoms with Crippen LogP contribution in [0.15, 0.2) is 42.7 Å². The fourth-order valence-corrected chi connectivity index (χ4v) is 2.89. The highest BCUT2D eigenvalue weighted by atomic mass is 19.1. The highest BCUT2D eigenvalue weighted by Gasteiger charge is 2.32. The third kappa shape index (κ3) is 3.35. The predicted octanol–water partition coefficient (Wildman–Crippen LogP) is 2.75. The van der Waals surface area contributed by atoms with Crippen LogP contribution in [0.2, 0.25) is 0 Å². The Bertz CT molecular complexity index is 972. The monoisotopic (exact) mass is 371 g/mol. The van der Waals surface area contributed by atoms with Gasteiger partial charge in [-0.2, -0.15) is 5.10 Å². The third-order valence-corrected chi connectivity index (χ3v) is 4.17. The molecule has 4 heterocycles. The minimum absolute atomic E-state index is 0.0907. The maximum atomic E-state index is 13.1. The van der Waals surface area contributed by atoms with Crippen LogP contribution in [-0.4, -0.2) is 32.2 Å². The molecule has 1 amide bonds. The molecule has 3 aromatic rings. The van der Waals surface area contributed by atoms with Crippen LogP contribution in [0.4, 0.5) is 14.6 Å². The Balaban J connectivity index is 1.54. The molecule has 138 valence electrons. The molecule has 9 heteroatoms. The van der Waals surface area contributed by atoms with E-state index in [1.165, 1.54) is 29.2 Å². The Morgan fingerprint density at radius 1 is 1.15 bits per heavy atom. The van der Waals surface area contributed by atoms with E-state index in [0.717, 1.165) is 12.4 Å². The molecule has 3 aromatic heterocycles. The standard InChI is InChI=1S/C18H15F2N5O2/c1-11-9-24(16-4-2-12(19)7-21-16)18(26)15-6-14(23-25(11)15)10-27-17-5-3-13(20)8-22-17/h2-8,11H,9-10H2,1H3/t11-/m1/s1. The molecular formula is C18H15F2N5O2. The zero-order valence-corrected chi connectivity index (χ0v) is 14.3. The van der Waals surface area contributed by atoms with Gasteiger partial charge in [0.05, 0.1) is 18.4 Å². The van der Waals surface area contributed by atoms with E-state index < -0.39 is 11.6 Å². The zero-order valence-electron chi connectivity index (χ0n) is 14.3. The molecule has 0 saturated carbocycles. The highest BCUT2D eigenvalue weighted by Crippen LogP contribution is 2.25. The van der Waals surface area contributed by atoms with Crippen molar-refractivity contribution in [2.24, 2.45) is 0 Å². The molecular weight excluding hydrogens is 356 g/mol. The number of hydrogen-bond acceptors (Lipinski definition) is 5. The van der Waals surface area contributed by atoms with Crippen LogP contribution >= 0.6 is 0 Å². The lowest BCUT2D eigenvalue weighted by Crippen LogP contribution is -2.42. The summed E-state index contributed by atoms with van der Waals surface area (Å²) in [6, 6.07) is 6.94. The van der Waals surface area contributed by atoms with Crippen molar-refractivity contribution in [1.82, 2.24) is 19.7 Å². The van der Waals surface area contributed by atoms with Gasteiger partial charge in [-0.1, -0.05) is 0 Å². The first kappa shape index (κ1) is 17.1. The Hall–Kier alpha value is -3.36. The Morgan fingerprint density at radius 3 is 2.56 bits per heavy atom. The second-order valence-electron chi connectivity index (χ2n) is 6.17. The van der Waals surface area contributed by atoms with E-state index >= 15 is 0 Å². The van der Waals surface area contributed by atoms with Crippen molar-refractivity contribution in [3.63, 3.8) is 0 Å². The number of halogens is 2. The number of pyridine rings is 2. The van der Waals surface area contributed by atoms with Gasteiger partial charge in [-0.05, 0) is 31.2 Å². The summed E-state index contributed by atoms with van der Waals surface area (Å²) in [5.41, 5.74) is 0.941. The van der Waals surface area contributed by atoms with E-state index in [4.69, 9.17) is 4.74 Å². The van der Waals surface area contributed by atoms with Gasteiger partial charge in [0, 0.05) is 12.6 Å². The zero-order chi connectivity index (χ0) is 19.0. The number of hydrogen-bond donors (Lipinski definition) is 0. The predicted molar refractivity (Wildman–Crippen MR) is 91.3 cm³/mol. The van der Waals surface area contributed by atoms with Crippen LogP contribution in [0.3, 0.4) is 0 Å². The van der Waals surface area contributed by atoms with Gasteiger partial charge in [0.1, 0.15) is 35.4 Å². The quantitative estimate of drug-likeness (QED) is 0.705. The van der Waals surface area contributed by atoms with Crippen LogP contribution in [0, 0.1) is 11.6 Å². The Kier molecular flexibility index (Phi) is 4.27. The highest BCUT2D eigenvalue weighted by molar-refractivity contribution is 6.05. The molecule has 0 aromatic carbocycles. The molecule has 0 fully saturated rings. The molecule has 1 aliphatic heterocycles. The van der Waals surface area contributed by atoms with E-state index in [1.807, 2.05) is 6.92 Å². The lowest BCUT2D eigenvalue weighted by Gasteiger charge is -2.30. The summed E-state index contributed by atoms with van der Waals surface area (Å²) in [5, 5.41) is 4.42. The van der Waals surface area contributed by atoms with Crippen molar-refractivity contribution >= 4 is 11.7 Å². The number of amides is 1. The van der Waals surface area contributed by atoms with E-state index in [1.54, 1.807) is 10.7 Å². The number of rotatable bonds is 4. The molecule has 0 bridgehead atoms. The first-order valence-corrected chi connectivity index (χ1v) is 8.27. The average molecular weight is 371 g/mol. The lowest BCUT2D eigenvalue weighted by atomic mass is 10.2. The topological polar surface area (TPSA) is 73.1 Å². The fourth-order valence-electron chi connectivity index (χ4n) is 2.89. The van der Waals surface area contributed by atoms with Gasteiger partial charge in [0.2, 0.25) is 5.88 Å². The summed E-state index contributed by atoms with van der Waals surface area (Å²) in [6.45, 7) is 2.38. The van der Waals surface area contributed by atoms with Crippen molar-refractivity contribution in [2.75, 3.05) is 11.4 Å². The maximum Gasteiger partial charge on any atom is 0.277 e. The minimum atomic E-state index is -0.463. The Labute approximate surface area is 153 Å². The number of nitrogens with zero attached hydrogens (tertiary/aromatic N) is 5. The van der Waals surface area contributed by atoms with E-state index in [9.17, 15) is 13.6 Å². The lowest BCUT2D eigenvalue weighted by molar-refractivity contribution is 0.0952. The summed E-state index contributed by atoms with van der Waals surface area (Å²) < 4.78 is 33.1. The van der Waals surface area contributed by atoms with Gasteiger partial charge < -0.3 is 4.74 Å². The summed E-state index contributed by atoms with van der Waals surface area (Å²) in [5.74, 6) is -0.539. The van der Waals surface area contributed by atoms with Crippen LogP contribution in [0.5, 0.6) is 5.88 Å². The number of aromatic nitrogens is 4. The van der Waals surface area contributed by atoms with E-state index in [-0.39, 0.29) is 24.4 Å². The van der Waals surface area contributed by atoms with E-state index in [0.29, 0.717) is 23.8 Å². The Morgan fingerprint density at radius 2 is 1.89 bits per heavy atom. The second-order valence-corrected chi connectivity index (χ2v) is 6.17. The molecule has 0 aliphatic carbocycles. The van der Waals surface area contributed by atoms with Gasteiger partial charge in [0.25, 0.3) is 5.91 Å². The van der Waals surface area contributed by atoms with Crippen LogP contribution in [-0.2, 0) is 6.61 Å². The smallest absolute Gasteiger partial charge is 0.277 e. The van der Waals surface area contributed by atoms with Gasteiger partial charge >= 0.3 is 0 Å². The summed E-state index contributed by atoms with van der Waals surface area (Å²) >= 11 is 0. The van der Waals surface area contributed by atoms with Crippen molar-refractivity contribution < 1.29 is 18.3 Å². The van der Waals surface area contributed by atoms with Crippen molar-refractivity contribution in [3.8, 4) is 5.88 Å². The average Bonchev–Trinajstić information content (AvgIpc) is 3.10. The minimum Gasteiger partial charge on any atom is -0.471 e. The summed E-state index contributed by atoms with van der Waals surface area (Å²) in [7, 11) is 0. The van der Waals surface area contributed by atoms with Crippen molar-refractivity contribution in [2.45, 2.75) is 19.6 Å². The maximum absolute atomic E-state index is 13.1. The van der Waals surface area contributed by atoms with Gasteiger partial charge in [-0.25, -0.2) is 18.7 Å². The first-order valence-electron chi connectivity index (χ1n) is 8.27. The van der Waals surface area contributed by atoms with Gasteiger partial charge in [0.15, 0.2) is 0 Å². The SMILES string of the molecule is C[C@@H]1CN(c2ccc(F)cn2)C(=O)c2cc(COc3ccc(F)cn3)nn21. The van der Waals surface area contributed by atoms with Crippen molar-refractivity contribution in [1.29, 1.82) is 0 Å². The molecule has 0 spiro atoms. The largest absolute Gasteiger partial charge is 0.471 e. The third-order valence-electron chi connectivity index (χ3n) is 4.17. The molecule has 0 saturated heterocycles. The first-order chi connectivity index (χ1) is 13.0. The van der Waals surface area contributed by atoms with Gasteiger partial charge in [-0.15, -0.1) is 0 Å². The summed E-state index contributed by atoms with van der Waals surface area (Å²) in [6.07, 6.45) is 2.14. The molecule has 4 rings (SSSR count). The van der Waals surface area contributed by atoms with E-state index in [2.05, 4.69) is 15.1 Å². The molecule has 0 unspecified atom stereocenters. The van der Waals surface area contributed by atoms with Crippen molar-refractivity contribution in [3.05, 3.63) is 65.7 Å². The van der Waals surface area contributed by atoms with Gasteiger partial charge in [-0.3, -0.25) is 14.4 Å². The number of fused-ring (bicyclic) bond motifs is 1. The van der Waals surface area contributed by atoms with Crippen LogP contribution in [0.25, 0.3) is 0 Å². The molecule has 27 heavy (non-hydrogen) atoms. The molecule has 0 radical (unpaired) electrons. The fraction of sp³-hybridized carbons (Fsp3) is 0.222. The number of ether oxygens (including phenoxy) is 1. The molecule has 7 nitrogen and oxygen atoms in total. The van der Waals surface area contributed by atoms with Crippen LogP contribution < -0.4 is 9.64 Å². The number of carbonyl (C=O) groups excluding carboxylic acids is 1. The van der Waals surface area contributed by atoms with Crippen LogP contribution in [0.1, 0.15) is 29.1 Å². The molecule has 1 atom stereocenters. The second kappa shape index (κ2) is 6.75. The normalized spacial score (nSPS) is 16.3. The molecule has 1 aliphatic rings. The molecule has 0 N–H and O–H groups in total. The summed E-state index contributed by atoms with van der Waals surface area (Å²) in [4.78, 5) is 22.1.